The zero-order valence-electron chi connectivity index (χ0n) is 9.98. The van der Waals surface area contributed by atoms with Crippen molar-refractivity contribution in [2.24, 2.45) is 5.16 Å². The molecule has 0 radical (unpaired) electrons. The van der Waals surface area contributed by atoms with Crippen LogP contribution in [0, 0.1) is 0 Å². The lowest BCUT2D eigenvalue weighted by atomic mass is 10.0. The van der Waals surface area contributed by atoms with Gasteiger partial charge in [0, 0.05) is 24.2 Å². The van der Waals surface area contributed by atoms with Gasteiger partial charge in [0.15, 0.2) is 0 Å². The number of oxime groups is 1. The number of nitrogens with one attached hydrogen (secondary N) is 1. The van der Waals surface area contributed by atoms with E-state index in [-0.39, 0.29) is 18.1 Å². The van der Waals surface area contributed by atoms with Crippen molar-refractivity contribution in [1.82, 2.24) is 0 Å². The van der Waals surface area contributed by atoms with Gasteiger partial charge in [0.2, 0.25) is 5.91 Å². The number of nitrogens with zero attached hydrogens (tertiary/aromatic N) is 1. The molecule has 1 aromatic rings. The summed E-state index contributed by atoms with van der Waals surface area (Å²) in [6, 6.07) is 3.12. The van der Waals surface area contributed by atoms with Gasteiger partial charge in [0.05, 0.1) is 12.1 Å². The van der Waals surface area contributed by atoms with Gasteiger partial charge in [-0.25, -0.2) is 4.79 Å². The molecule has 1 aromatic carbocycles. The van der Waals surface area contributed by atoms with Crippen LogP contribution in [0.1, 0.15) is 25.0 Å². The van der Waals surface area contributed by atoms with Gasteiger partial charge in [-0.15, -0.1) is 0 Å². The smallest absolute Gasteiger partial charge is 0.331 e. The number of benzene rings is 1. The molecule has 6 nitrogen and oxygen atoms in total. The van der Waals surface area contributed by atoms with E-state index in [1.54, 1.807) is 13.0 Å². The second-order valence-electron chi connectivity index (χ2n) is 4.01. The van der Waals surface area contributed by atoms with Gasteiger partial charge >= 0.3 is 5.97 Å². The molecular weight excluding hydrogens is 236 g/mol. The van der Waals surface area contributed by atoms with E-state index in [9.17, 15) is 14.7 Å². The summed E-state index contributed by atoms with van der Waals surface area (Å²) < 4.78 is 0. The maximum atomic E-state index is 11.2. The first-order chi connectivity index (χ1) is 8.47. The highest BCUT2D eigenvalue weighted by atomic mass is 16.7. The third kappa shape index (κ3) is 2.32. The first-order valence-electron chi connectivity index (χ1n) is 5.35. The lowest BCUT2D eigenvalue weighted by molar-refractivity contribution is -0.140. The fourth-order valence-corrected chi connectivity index (χ4v) is 1.73. The molecule has 0 spiro atoms. The molecule has 1 aliphatic rings. The van der Waals surface area contributed by atoms with Crippen molar-refractivity contribution in [3.05, 3.63) is 23.3 Å². The maximum Gasteiger partial charge on any atom is 0.331 e. The molecule has 2 N–H and O–H groups in total. The number of amides is 1. The van der Waals surface area contributed by atoms with Crippen LogP contribution >= 0.6 is 0 Å². The Kier molecular flexibility index (Phi) is 3.01. The second-order valence-corrected chi connectivity index (χ2v) is 4.01. The molecule has 1 amide bonds. The van der Waals surface area contributed by atoms with Gasteiger partial charge in [-0.1, -0.05) is 5.16 Å². The largest absolute Gasteiger partial charge is 0.507 e. The number of hydrogen-bond donors (Lipinski definition) is 2. The standard InChI is InChI=1S/C12H12N2O4/c1-6(14-18-7(2)15)9-3-8-4-12(17)13-10(8)5-11(9)16/h3,5,16H,4H2,1-2H3,(H,13,17)/b14-6+. The third-order valence-corrected chi connectivity index (χ3v) is 2.55. The molecule has 18 heavy (non-hydrogen) atoms. The van der Waals surface area contributed by atoms with E-state index in [2.05, 4.69) is 15.3 Å². The Bertz CT molecular complexity index is 563. The molecule has 6 heteroatoms. The average molecular weight is 248 g/mol. The van der Waals surface area contributed by atoms with E-state index in [0.29, 0.717) is 17.0 Å². The third-order valence-electron chi connectivity index (χ3n) is 2.55. The zero-order valence-corrected chi connectivity index (χ0v) is 9.98. The van der Waals surface area contributed by atoms with E-state index in [0.717, 1.165) is 5.56 Å². The minimum absolute atomic E-state index is 0.0237. The first kappa shape index (κ1) is 12.1. The number of phenols is 1. The Morgan fingerprint density at radius 1 is 1.44 bits per heavy atom. The number of phenolic OH excluding ortho intramolecular Hbond substituents is 1. The van der Waals surface area contributed by atoms with Crippen LogP contribution < -0.4 is 5.32 Å². The van der Waals surface area contributed by atoms with E-state index < -0.39 is 5.97 Å². The molecule has 0 saturated heterocycles. The highest BCUT2D eigenvalue weighted by molar-refractivity contribution is 6.05. The van der Waals surface area contributed by atoms with Crippen LogP contribution in [0.15, 0.2) is 17.3 Å². The zero-order chi connectivity index (χ0) is 13.3. The summed E-state index contributed by atoms with van der Waals surface area (Å²) in [6.07, 6.45) is 0.267. The lowest BCUT2D eigenvalue weighted by Gasteiger charge is -2.06. The summed E-state index contributed by atoms with van der Waals surface area (Å²) in [6.45, 7) is 2.84. The SMILES string of the molecule is CC(=O)O/N=C(\C)c1cc2c(cc1O)NC(=O)C2. The molecule has 0 unspecified atom stereocenters. The second kappa shape index (κ2) is 4.48. The molecule has 1 heterocycles. The fourth-order valence-electron chi connectivity index (χ4n) is 1.73. The van der Waals surface area contributed by atoms with Crippen molar-refractivity contribution in [3.63, 3.8) is 0 Å². The van der Waals surface area contributed by atoms with Crippen molar-refractivity contribution < 1.29 is 19.5 Å². The molecule has 0 fully saturated rings. The van der Waals surface area contributed by atoms with Crippen LogP contribution in [0.3, 0.4) is 0 Å². The van der Waals surface area contributed by atoms with E-state index in [4.69, 9.17) is 0 Å². The number of carbonyl (C=O) groups excluding carboxylic acids is 2. The molecule has 0 aliphatic carbocycles. The number of rotatable bonds is 2. The van der Waals surface area contributed by atoms with Gasteiger partial charge in [-0.3, -0.25) is 4.79 Å². The first-order valence-corrected chi connectivity index (χ1v) is 5.35. The van der Waals surface area contributed by atoms with Crippen molar-refractivity contribution in [2.45, 2.75) is 20.3 Å². The van der Waals surface area contributed by atoms with Crippen LogP contribution in [-0.4, -0.2) is 22.7 Å². The van der Waals surface area contributed by atoms with Crippen molar-refractivity contribution >= 4 is 23.3 Å². The Labute approximate surface area is 103 Å². The number of anilines is 1. The molecule has 0 atom stereocenters. The minimum Gasteiger partial charge on any atom is -0.507 e. The molecule has 94 valence electrons. The van der Waals surface area contributed by atoms with Crippen molar-refractivity contribution in [2.75, 3.05) is 5.32 Å². The van der Waals surface area contributed by atoms with Gasteiger partial charge < -0.3 is 15.3 Å². The highest BCUT2D eigenvalue weighted by Gasteiger charge is 2.20. The van der Waals surface area contributed by atoms with Crippen molar-refractivity contribution in [1.29, 1.82) is 0 Å². The van der Waals surface area contributed by atoms with Gasteiger partial charge in [-0.05, 0) is 18.6 Å². The van der Waals surface area contributed by atoms with E-state index in [1.807, 2.05) is 0 Å². The monoisotopic (exact) mass is 248 g/mol. The quantitative estimate of drug-likeness (QED) is 0.467. The van der Waals surface area contributed by atoms with Gasteiger partial charge in [-0.2, -0.15) is 0 Å². The predicted octanol–water partition coefficient (Wildman–Crippen LogP) is 1.17. The summed E-state index contributed by atoms with van der Waals surface area (Å²) in [7, 11) is 0. The van der Waals surface area contributed by atoms with Crippen LogP contribution in [0.25, 0.3) is 0 Å². The summed E-state index contributed by atoms with van der Waals surface area (Å²) in [5.41, 5.74) is 2.18. The summed E-state index contributed by atoms with van der Waals surface area (Å²) >= 11 is 0. The molecule has 2 rings (SSSR count). The van der Waals surface area contributed by atoms with E-state index in [1.165, 1.54) is 13.0 Å². The summed E-state index contributed by atoms with van der Waals surface area (Å²) in [5.74, 6) is -0.674. The van der Waals surface area contributed by atoms with Gasteiger partial charge in [0.1, 0.15) is 5.75 Å². The number of fused-ring (bicyclic) bond motifs is 1. The average Bonchev–Trinajstić information content (AvgIpc) is 2.64. The van der Waals surface area contributed by atoms with Crippen LogP contribution in [-0.2, 0) is 20.8 Å². The maximum absolute atomic E-state index is 11.2. The summed E-state index contributed by atoms with van der Waals surface area (Å²) in [5, 5.41) is 16.1. The summed E-state index contributed by atoms with van der Waals surface area (Å²) in [4.78, 5) is 26.4. The topological polar surface area (TPSA) is 88.0 Å². The Morgan fingerprint density at radius 2 is 2.17 bits per heavy atom. The van der Waals surface area contributed by atoms with Gasteiger partial charge in [0.25, 0.3) is 0 Å². The Balaban J connectivity index is 2.35. The fraction of sp³-hybridized carbons (Fsp3) is 0.250. The number of aromatic hydroxyl groups is 1. The number of hydrogen-bond acceptors (Lipinski definition) is 5. The molecule has 0 bridgehead atoms. The normalized spacial score (nSPS) is 14.1. The molecule has 1 aliphatic heterocycles. The Hall–Kier alpha value is -2.37. The predicted molar refractivity (Wildman–Crippen MR) is 64.4 cm³/mol. The minimum atomic E-state index is -0.535. The number of carbonyl (C=O) groups is 2. The molecule has 0 aromatic heterocycles. The molecule has 0 saturated carbocycles. The highest BCUT2D eigenvalue weighted by Crippen LogP contribution is 2.30. The van der Waals surface area contributed by atoms with Crippen molar-refractivity contribution in [3.8, 4) is 5.75 Å². The van der Waals surface area contributed by atoms with Crippen LogP contribution in [0.4, 0.5) is 5.69 Å². The Morgan fingerprint density at radius 3 is 2.83 bits per heavy atom. The lowest BCUT2D eigenvalue weighted by Crippen LogP contribution is -2.03. The molecular formula is C12H12N2O4. The van der Waals surface area contributed by atoms with E-state index >= 15 is 0 Å². The van der Waals surface area contributed by atoms with Crippen LogP contribution in [0.5, 0.6) is 5.75 Å². The van der Waals surface area contributed by atoms with Crippen LogP contribution in [0.2, 0.25) is 0 Å².